The van der Waals surface area contributed by atoms with Crippen molar-refractivity contribution in [3.63, 3.8) is 0 Å². The summed E-state index contributed by atoms with van der Waals surface area (Å²) in [5.41, 5.74) is 0.440. The highest BCUT2D eigenvalue weighted by Crippen LogP contribution is 2.19. The van der Waals surface area contributed by atoms with Gasteiger partial charge in [0.1, 0.15) is 4.90 Å². The molecule has 1 heterocycles. The molecule has 0 bridgehead atoms. The summed E-state index contributed by atoms with van der Waals surface area (Å²) in [5, 5.41) is 10.3. The summed E-state index contributed by atoms with van der Waals surface area (Å²) >= 11 is 0. The fraction of sp³-hybridized carbons (Fsp3) is 0. The molecule has 1 aromatic carbocycles. The minimum atomic E-state index is -3.89. The second-order valence-corrected chi connectivity index (χ2v) is 6.74. The molecule has 1 aromatic heterocycles. The van der Waals surface area contributed by atoms with Crippen molar-refractivity contribution in [3.8, 4) is 0 Å². The Kier molecular flexibility index (Phi) is 2.86. The van der Waals surface area contributed by atoms with Gasteiger partial charge >= 0.3 is 0 Å². The number of sulfonamides is 2. The quantitative estimate of drug-likeness (QED) is 0.770. The summed E-state index contributed by atoms with van der Waals surface area (Å²) in [6, 6.07) is 5.21. The zero-order chi connectivity index (χ0) is 13.6. The van der Waals surface area contributed by atoms with Crippen LogP contribution in [0.4, 0.5) is 0 Å². The smallest absolute Gasteiger partial charge is 0.239 e. The Morgan fingerprint density at radius 2 is 1.44 bits per heavy atom. The van der Waals surface area contributed by atoms with Crippen LogP contribution >= 0.6 is 0 Å². The predicted octanol–water partition coefficient (Wildman–Crippen LogP) is -0.470. The second-order valence-electron chi connectivity index (χ2n) is 3.62. The maximum absolute atomic E-state index is 11.2. The molecule has 0 unspecified atom stereocenters. The zero-order valence-corrected chi connectivity index (χ0v) is 10.6. The van der Waals surface area contributed by atoms with Gasteiger partial charge in [0.05, 0.1) is 10.4 Å². The molecule has 0 saturated carbocycles. The fourth-order valence-electron chi connectivity index (χ4n) is 1.42. The van der Waals surface area contributed by atoms with Crippen LogP contribution in [-0.4, -0.2) is 21.8 Å². The molecule has 2 rings (SSSR count). The van der Waals surface area contributed by atoms with E-state index < -0.39 is 20.0 Å². The number of nitrogens with two attached hydrogens (primary N) is 2. The number of aromatic nitrogens is 1. The lowest BCUT2D eigenvalue weighted by Crippen LogP contribution is -2.13. The first kappa shape index (κ1) is 12.9. The van der Waals surface area contributed by atoms with Gasteiger partial charge in [-0.25, -0.2) is 27.1 Å². The van der Waals surface area contributed by atoms with Gasteiger partial charge in [-0.15, -0.1) is 0 Å². The summed E-state index contributed by atoms with van der Waals surface area (Å²) in [5.74, 6) is 0. The Morgan fingerprint density at radius 1 is 0.889 bits per heavy atom. The van der Waals surface area contributed by atoms with Crippen molar-refractivity contribution in [2.45, 2.75) is 9.79 Å². The van der Waals surface area contributed by atoms with E-state index in [-0.39, 0.29) is 9.79 Å². The average molecular weight is 287 g/mol. The molecule has 0 spiro atoms. The molecule has 7 nitrogen and oxygen atoms in total. The van der Waals surface area contributed by atoms with Crippen molar-refractivity contribution < 1.29 is 16.8 Å². The Morgan fingerprint density at radius 3 is 2.00 bits per heavy atom. The maximum Gasteiger partial charge on any atom is 0.239 e. The van der Waals surface area contributed by atoms with E-state index in [0.29, 0.717) is 10.9 Å². The van der Waals surface area contributed by atoms with Gasteiger partial charge in [-0.1, -0.05) is 0 Å². The van der Waals surface area contributed by atoms with E-state index >= 15 is 0 Å². The van der Waals surface area contributed by atoms with E-state index in [4.69, 9.17) is 10.3 Å². The van der Waals surface area contributed by atoms with Crippen LogP contribution in [0.3, 0.4) is 0 Å². The third kappa shape index (κ3) is 2.48. The molecule has 0 amide bonds. The van der Waals surface area contributed by atoms with E-state index in [2.05, 4.69) is 4.98 Å². The molecule has 0 fully saturated rings. The van der Waals surface area contributed by atoms with Gasteiger partial charge in [-0.05, 0) is 24.3 Å². The lowest BCUT2D eigenvalue weighted by atomic mass is 10.2. The van der Waals surface area contributed by atoms with Crippen molar-refractivity contribution in [3.05, 3.63) is 30.5 Å². The van der Waals surface area contributed by atoms with Crippen LogP contribution < -0.4 is 10.3 Å². The molecule has 0 atom stereocenters. The molecule has 0 aliphatic heterocycles. The first-order valence-electron chi connectivity index (χ1n) is 4.63. The van der Waals surface area contributed by atoms with Gasteiger partial charge in [-0.2, -0.15) is 0 Å². The Bertz CT molecular complexity index is 761. The second kappa shape index (κ2) is 3.99. The monoisotopic (exact) mass is 287 g/mol. The van der Waals surface area contributed by atoms with Crippen LogP contribution in [0.2, 0.25) is 0 Å². The van der Waals surface area contributed by atoms with Crippen molar-refractivity contribution in [1.82, 2.24) is 4.98 Å². The Hall–Kier alpha value is -1.55. The van der Waals surface area contributed by atoms with E-state index in [1.807, 2.05) is 0 Å². The first-order valence-corrected chi connectivity index (χ1v) is 7.72. The number of pyridine rings is 1. The topological polar surface area (TPSA) is 133 Å². The van der Waals surface area contributed by atoms with Crippen LogP contribution in [0.5, 0.6) is 0 Å². The summed E-state index contributed by atoms with van der Waals surface area (Å²) in [6.07, 6.45) is 1.11. The van der Waals surface area contributed by atoms with Crippen molar-refractivity contribution >= 4 is 30.9 Å². The van der Waals surface area contributed by atoms with Crippen LogP contribution in [0, 0.1) is 0 Å². The first-order chi connectivity index (χ1) is 8.18. The van der Waals surface area contributed by atoms with Crippen molar-refractivity contribution in [1.29, 1.82) is 0 Å². The molecule has 0 saturated heterocycles. The molecule has 0 radical (unpaired) electrons. The maximum atomic E-state index is 11.2. The standard InChI is InChI=1S/C9H9N3O4S2/c10-17(13,14)7-1-2-9-6(3-7)4-8(5-12-9)18(11,15)16/h1-5H,(H2,10,13,14)(H2,11,15,16). The normalized spacial score (nSPS) is 12.8. The highest BCUT2D eigenvalue weighted by atomic mass is 32.2. The lowest BCUT2D eigenvalue weighted by molar-refractivity contribution is 0.596. The molecule has 96 valence electrons. The summed E-state index contributed by atoms with van der Waals surface area (Å²) in [4.78, 5) is 3.56. The van der Waals surface area contributed by atoms with Gasteiger partial charge in [0, 0.05) is 11.6 Å². The molecule has 2 aromatic rings. The number of primary sulfonamides is 2. The molecule has 0 aliphatic carbocycles. The number of benzene rings is 1. The number of hydrogen-bond acceptors (Lipinski definition) is 5. The minimum Gasteiger partial charge on any atom is -0.255 e. The van der Waals surface area contributed by atoms with Crippen LogP contribution in [0.15, 0.2) is 40.3 Å². The molecule has 9 heteroatoms. The summed E-state index contributed by atoms with van der Waals surface area (Å²) in [7, 11) is -7.74. The average Bonchev–Trinajstić information content (AvgIpc) is 2.25. The largest absolute Gasteiger partial charge is 0.255 e. The summed E-state index contributed by atoms with van der Waals surface area (Å²) < 4.78 is 44.7. The van der Waals surface area contributed by atoms with Crippen LogP contribution in [-0.2, 0) is 20.0 Å². The fourth-order valence-corrected chi connectivity index (χ4v) is 2.46. The number of nitrogens with zero attached hydrogens (tertiary/aromatic N) is 1. The van der Waals surface area contributed by atoms with E-state index in [1.54, 1.807) is 0 Å². The zero-order valence-electron chi connectivity index (χ0n) is 8.94. The highest BCUT2D eigenvalue weighted by Gasteiger charge is 2.12. The number of fused-ring (bicyclic) bond motifs is 1. The number of hydrogen-bond donors (Lipinski definition) is 2. The van der Waals surface area contributed by atoms with E-state index in [9.17, 15) is 16.8 Å². The van der Waals surface area contributed by atoms with Crippen molar-refractivity contribution in [2.75, 3.05) is 0 Å². The molecule has 0 aliphatic rings. The molecular formula is C9H9N3O4S2. The molecule has 4 N–H and O–H groups in total. The third-order valence-electron chi connectivity index (χ3n) is 2.28. The molecular weight excluding hydrogens is 278 g/mol. The highest BCUT2D eigenvalue weighted by molar-refractivity contribution is 7.89. The van der Waals surface area contributed by atoms with Gasteiger partial charge < -0.3 is 0 Å². The predicted molar refractivity (Wildman–Crippen MR) is 64.5 cm³/mol. The van der Waals surface area contributed by atoms with Gasteiger partial charge in [0.15, 0.2) is 0 Å². The third-order valence-corrected chi connectivity index (χ3v) is 4.08. The Labute approximate surface area is 104 Å². The van der Waals surface area contributed by atoms with E-state index in [1.165, 1.54) is 24.3 Å². The number of rotatable bonds is 2. The Balaban J connectivity index is 2.76. The van der Waals surface area contributed by atoms with Crippen molar-refractivity contribution in [2.24, 2.45) is 10.3 Å². The summed E-state index contributed by atoms with van der Waals surface area (Å²) in [6.45, 7) is 0. The van der Waals surface area contributed by atoms with Crippen LogP contribution in [0.1, 0.15) is 0 Å². The minimum absolute atomic E-state index is 0.122. The van der Waals surface area contributed by atoms with Gasteiger partial charge in [0.2, 0.25) is 20.0 Å². The SMILES string of the molecule is NS(=O)(=O)c1ccc2ncc(S(N)(=O)=O)cc2c1. The van der Waals surface area contributed by atoms with E-state index in [0.717, 1.165) is 6.20 Å². The lowest BCUT2D eigenvalue weighted by Gasteiger charge is -2.03. The van der Waals surface area contributed by atoms with Gasteiger partial charge in [0.25, 0.3) is 0 Å². The van der Waals surface area contributed by atoms with Crippen LogP contribution in [0.25, 0.3) is 10.9 Å². The van der Waals surface area contributed by atoms with Gasteiger partial charge in [-0.3, -0.25) is 4.98 Å². The molecule has 18 heavy (non-hydrogen) atoms.